The lowest BCUT2D eigenvalue weighted by atomic mass is 9.46. The Labute approximate surface area is 138 Å². The second-order valence-corrected chi connectivity index (χ2v) is 9.02. The Kier molecular flexibility index (Phi) is 3.10. The molecule has 2 N–H and O–H groups in total. The molecule has 126 valence electrons. The Balaban J connectivity index is 1.76. The van der Waals surface area contributed by atoms with Crippen LogP contribution >= 0.6 is 0 Å². The standard InChI is InChI=1S/C20H28O3/c1-18-8-6-13(21)10-12(18)4-5-14-15-7-9-20(3,23)19(15,2)11-16(22)17(14)18/h6,8,10,14-17,22-23H,4-5,7,9,11H2,1-3H3/t14-,15-,16+,17+,18-,19-,20-/m0/s1. The van der Waals surface area contributed by atoms with E-state index in [2.05, 4.69) is 13.8 Å². The van der Waals surface area contributed by atoms with E-state index in [1.165, 1.54) is 5.57 Å². The van der Waals surface area contributed by atoms with Gasteiger partial charge in [-0.3, -0.25) is 4.79 Å². The van der Waals surface area contributed by atoms with Gasteiger partial charge in [0, 0.05) is 16.7 Å². The highest BCUT2D eigenvalue weighted by Crippen LogP contribution is 2.66. The number of carbonyl (C=O) groups is 1. The molecule has 0 unspecified atom stereocenters. The Morgan fingerprint density at radius 2 is 1.96 bits per heavy atom. The van der Waals surface area contributed by atoms with E-state index < -0.39 is 11.7 Å². The van der Waals surface area contributed by atoms with Gasteiger partial charge in [-0.2, -0.15) is 0 Å². The number of carbonyl (C=O) groups excluding carboxylic acids is 1. The predicted octanol–water partition coefficient (Wildman–Crippen LogP) is 3.02. The number of aliphatic hydroxyl groups excluding tert-OH is 1. The molecule has 3 heteroatoms. The van der Waals surface area contributed by atoms with Crippen LogP contribution in [0.2, 0.25) is 0 Å². The first-order chi connectivity index (χ1) is 10.7. The first-order valence-electron chi connectivity index (χ1n) is 9.04. The summed E-state index contributed by atoms with van der Waals surface area (Å²) in [5.74, 6) is 1.14. The monoisotopic (exact) mass is 316 g/mol. The van der Waals surface area contributed by atoms with Gasteiger partial charge in [-0.1, -0.05) is 25.5 Å². The molecule has 0 amide bonds. The summed E-state index contributed by atoms with van der Waals surface area (Å²) >= 11 is 0. The van der Waals surface area contributed by atoms with E-state index in [1.807, 2.05) is 13.0 Å². The minimum Gasteiger partial charge on any atom is -0.393 e. The predicted molar refractivity (Wildman–Crippen MR) is 88.6 cm³/mol. The summed E-state index contributed by atoms with van der Waals surface area (Å²) in [6.07, 6.45) is 9.61. The van der Waals surface area contributed by atoms with E-state index in [1.54, 1.807) is 12.2 Å². The van der Waals surface area contributed by atoms with Gasteiger partial charge in [0.15, 0.2) is 5.78 Å². The first-order valence-corrected chi connectivity index (χ1v) is 9.04. The Morgan fingerprint density at radius 3 is 2.70 bits per heavy atom. The van der Waals surface area contributed by atoms with Gasteiger partial charge in [-0.25, -0.2) is 0 Å². The topological polar surface area (TPSA) is 57.5 Å². The van der Waals surface area contributed by atoms with Crippen LogP contribution in [0.15, 0.2) is 23.8 Å². The normalized spacial score (nSPS) is 55.0. The molecule has 3 fully saturated rings. The Morgan fingerprint density at radius 1 is 1.22 bits per heavy atom. The van der Waals surface area contributed by atoms with E-state index in [0.29, 0.717) is 18.3 Å². The van der Waals surface area contributed by atoms with Crippen LogP contribution in [0.25, 0.3) is 0 Å². The number of aliphatic hydroxyl groups is 2. The van der Waals surface area contributed by atoms with Gasteiger partial charge in [0.1, 0.15) is 0 Å². The average molecular weight is 316 g/mol. The molecule has 4 aliphatic rings. The molecule has 0 aromatic rings. The third kappa shape index (κ3) is 1.87. The molecule has 0 radical (unpaired) electrons. The zero-order valence-electron chi connectivity index (χ0n) is 14.4. The second-order valence-electron chi connectivity index (χ2n) is 9.02. The number of ketones is 1. The van der Waals surface area contributed by atoms with Gasteiger partial charge in [-0.05, 0) is 63.0 Å². The lowest BCUT2D eigenvalue weighted by Crippen LogP contribution is -2.58. The molecule has 0 spiro atoms. The van der Waals surface area contributed by atoms with Gasteiger partial charge in [0.2, 0.25) is 0 Å². The maximum Gasteiger partial charge on any atom is 0.178 e. The molecule has 0 bridgehead atoms. The minimum atomic E-state index is -0.682. The van der Waals surface area contributed by atoms with Crippen LogP contribution in [0, 0.1) is 28.6 Å². The molecule has 4 aliphatic carbocycles. The fourth-order valence-corrected chi connectivity index (χ4v) is 6.55. The van der Waals surface area contributed by atoms with E-state index in [9.17, 15) is 15.0 Å². The van der Waals surface area contributed by atoms with Crippen LogP contribution in [0.5, 0.6) is 0 Å². The molecular weight excluding hydrogens is 288 g/mol. The molecule has 7 atom stereocenters. The van der Waals surface area contributed by atoms with Gasteiger partial charge < -0.3 is 10.2 Å². The van der Waals surface area contributed by atoms with Crippen LogP contribution in [0.1, 0.15) is 52.9 Å². The largest absolute Gasteiger partial charge is 0.393 e. The van der Waals surface area contributed by atoms with Crippen molar-refractivity contribution in [1.82, 2.24) is 0 Å². The van der Waals surface area contributed by atoms with E-state index in [-0.39, 0.29) is 22.5 Å². The van der Waals surface area contributed by atoms with E-state index >= 15 is 0 Å². The average Bonchev–Trinajstić information content (AvgIpc) is 2.69. The molecule has 3 nitrogen and oxygen atoms in total. The quantitative estimate of drug-likeness (QED) is 0.722. The SMILES string of the molecule is C[C@]12C=CC(=O)C=C1CC[C@@H]1[C@@H]2[C@H](O)C[C@@]2(C)[C@H]1CC[C@]2(C)O. The van der Waals surface area contributed by atoms with Crippen LogP contribution < -0.4 is 0 Å². The zero-order chi connectivity index (χ0) is 16.6. The lowest BCUT2D eigenvalue weighted by Gasteiger charge is -2.59. The molecule has 0 aromatic heterocycles. The zero-order valence-corrected chi connectivity index (χ0v) is 14.4. The number of rotatable bonds is 0. The lowest BCUT2D eigenvalue weighted by molar-refractivity contribution is -0.157. The van der Waals surface area contributed by atoms with Gasteiger partial charge >= 0.3 is 0 Å². The highest BCUT2D eigenvalue weighted by Gasteiger charge is 2.64. The van der Waals surface area contributed by atoms with Crippen LogP contribution in [0.3, 0.4) is 0 Å². The van der Waals surface area contributed by atoms with Gasteiger partial charge in [0.25, 0.3) is 0 Å². The highest BCUT2D eigenvalue weighted by molar-refractivity contribution is 6.01. The van der Waals surface area contributed by atoms with Crippen molar-refractivity contribution in [1.29, 1.82) is 0 Å². The highest BCUT2D eigenvalue weighted by atomic mass is 16.3. The Bertz CT molecular complexity index is 616. The molecule has 23 heavy (non-hydrogen) atoms. The number of fused-ring (bicyclic) bond motifs is 5. The maximum atomic E-state index is 11.8. The summed E-state index contributed by atoms with van der Waals surface area (Å²) < 4.78 is 0. The van der Waals surface area contributed by atoms with Crippen molar-refractivity contribution in [2.75, 3.05) is 0 Å². The molecule has 0 aromatic carbocycles. The summed E-state index contributed by atoms with van der Waals surface area (Å²) in [6, 6.07) is 0. The fraction of sp³-hybridized carbons (Fsp3) is 0.750. The summed E-state index contributed by atoms with van der Waals surface area (Å²) in [5.41, 5.74) is 0.114. The Hall–Kier alpha value is -0.930. The van der Waals surface area contributed by atoms with Crippen molar-refractivity contribution in [2.45, 2.75) is 64.6 Å². The number of hydrogen-bond acceptors (Lipinski definition) is 3. The molecule has 0 aliphatic heterocycles. The maximum absolute atomic E-state index is 11.8. The van der Waals surface area contributed by atoms with Crippen molar-refractivity contribution in [3.8, 4) is 0 Å². The number of allylic oxidation sites excluding steroid dienone is 4. The first kappa shape index (κ1) is 15.6. The summed E-state index contributed by atoms with van der Waals surface area (Å²) in [7, 11) is 0. The summed E-state index contributed by atoms with van der Waals surface area (Å²) in [5, 5.41) is 22.0. The van der Waals surface area contributed by atoms with E-state index in [4.69, 9.17) is 0 Å². The molecule has 0 heterocycles. The molecular formula is C20H28O3. The molecule has 3 saturated carbocycles. The van der Waals surface area contributed by atoms with Crippen molar-refractivity contribution in [3.05, 3.63) is 23.8 Å². The van der Waals surface area contributed by atoms with Crippen molar-refractivity contribution < 1.29 is 15.0 Å². The third-order valence-electron chi connectivity index (χ3n) is 8.06. The molecule has 0 saturated heterocycles. The molecule has 4 rings (SSSR count). The summed E-state index contributed by atoms with van der Waals surface area (Å²) in [4.78, 5) is 11.8. The van der Waals surface area contributed by atoms with Crippen molar-refractivity contribution >= 4 is 5.78 Å². The third-order valence-corrected chi connectivity index (χ3v) is 8.06. The summed E-state index contributed by atoms with van der Waals surface area (Å²) in [6.45, 7) is 6.32. The second kappa shape index (κ2) is 4.58. The van der Waals surface area contributed by atoms with Crippen LogP contribution in [0.4, 0.5) is 0 Å². The fourth-order valence-electron chi connectivity index (χ4n) is 6.55. The van der Waals surface area contributed by atoms with Crippen LogP contribution in [-0.2, 0) is 4.79 Å². The number of hydrogen-bond donors (Lipinski definition) is 2. The minimum absolute atomic E-state index is 0.0786. The van der Waals surface area contributed by atoms with E-state index in [0.717, 1.165) is 25.7 Å². The van der Waals surface area contributed by atoms with Gasteiger partial charge in [-0.15, -0.1) is 0 Å². The van der Waals surface area contributed by atoms with Crippen molar-refractivity contribution in [2.24, 2.45) is 28.6 Å². The smallest absolute Gasteiger partial charge is 0.178 e. The van der Waals surface area contributed by atoms with Crippen LogP contribution in [-0.4, -0.2) is 27.7 Å². The van der Waals surface area contributed by atoms with Crippen molar-refractivity contribution in [3.63, 3.8) is 0 Å². The van der Waals surface area contributed by atoms with Gasteiger partial charge in [0.05, 0.1) is 11.7 Å².